The van der Waals surface area contributed by atoms with Crippen LogP contribution in [0.25, 0.3) is 0 Å². The molecule has 0 amide bonds. The largest absolute Gasteiger partial charge is 0.333 e. The number of hydrogen-bond donors (Lipinski definition) is 1. The fourth-order valence-electron chi connectivity index (χ4n) is 0.598. The van der Waals surface area contributed by atoms with E-state index >= 15 is 0 Å². The second kappa shape index (κ2) is 4.01. The maximum absolute atomic E-state index is 3.54. The molecule has 0 spiro atoms. The van der Waals surface area contributed by atoms with Crippen LogP contribution in [0.3, 0.4) is 0 Å². The van der Waals surface area contributed by atoms with Crippen molar-refractivity contribution in [1.82, 2.24) is 4.72 Å². The lowest BCUT2D eigenvalue weighted by atomic mass is 10.4. The van der Waals surface area contributed by atoms with Crippen LogP contribution in [0.1, 0.15) is 0 Å². The van der Waals surface area contributed by atoms with E-state index in [9.17, 15) is 0 Å². The average molecular weight is 151 g/mol. The lowest BCUT2D eigenvalue weighted by molar-refractivity contribution is 1.37. The molecular formula is C8H9NS. The Morgan fingerprint density at radius 3 is 2.60 bits per heavy atom. The predicted molar refractivity (Wildman–Crippen MR) is 45.6 cm³/mol. The van der Waals surface area contributed by atoms with Gasteiger partial charge < -0.3 is 4.72 Å². The van der Waals surface area contributed by atoms with Gasteiger partial charge in [0.1, 0.15) is 0 Å². The Kier molecular flexibility index (Phi) is 2.90. The Morgan fingerprint density at radius 1 is 1.30 bits per heavy atom. The highest BCUT2D eigenvalue weighted by atomic mass is 32.2. The molecule has 0 saturated carbocycles. The lowest BCUT2D eigenvalue weighted by Crippen LogP contribution is -1.87. The van der Waals surface area contributed by atoms with Crippen molar-refractivity contribution < 1.29 is 0 Å². The summed E-state index contributed by atoms with van der Waals surface area (Å²) in [6.45, 7) is 3.54. The van der Waals surface area contributed by atoms with Gasteiger partial charge in [-0.25, -0.2) is 0 Å². The molecule has 0 saturated heterocycles. The van der Waals surface area contributed by atoms with E-state index in [0.29, 0.717) is 0 Å². The molecule has 1 aromatic carbocycles. The van der Waals surface area contributed by atoms with Crippen LogP contribution in [0, 0.1) is 0 Å². The standard InChI is InChI=1S/C8H9NS/c1-2-9-10-8-6-4-3-5-7-8/h2-7,9H,1H2. The summed E-state index contributed by atoms with van der Waals surface area (Å²) in [5, 5.41) is 0. The van der Waals surface area contributed by atoms with Crippen molar-refractivity contribution in [2.45, 2.75) is 4.90 Å². The SMILES string of the molecule is C=CNSc1ccccc1. The average Bonchev–Trinajstić information content (AvgIpc) is 2.03. The van der Waals surface area contributed by atoms with Gasteiger partial charge in [0.25, 0.3) is 0 Å². The van der Waals surface area contributed by atoms with Crippen molar-refractivity contribution in [1.29, 1.82) is 0 Å². The zero-order chi connectivity index (χ0) is 7.23. The molecule has 0 bridgehead atoms. The molecule has 10 heavy (non-hydrogen) atoms. The minimum atomic E-state index is 1.20. The third-order valence-corrected chi connectivity index (χ3v) is 1.80. The Balaban J connectivity index is 2.50. The first-order valence-electron chi connectivity index (χ1n) is 3.02. The number of benzene rings is 1. The summed E-state index contributed by atoms with van der Waals surface area (Å²) < 4.78 is 2.95. The van der Waals surface area contributed by atoms with Crippen molar-refractivity contribution in [3.05, 3.63) is 43.1 Å². The fraction of sp³-hybridized carbons (Fsp3) is 0. The van der Waals surface area contributed by atoms with Crippen LogP contribution in [0.5, 0.6) is 0 Å². The molecule has 0 aromatic heterocycles. The minimum Gasteiger partial charge on any atom is -0.333 e. The molecule has 0 aliphatic heterocycles. The van der Waals surface area contributed by atoms with Crippen LogP contribution in [0.15, 0.2) is 48.0 Å². The first kappa shape index (κ1) is 7.22. The van der Waals surface area contributed by atoms with E-state index in [-0.39, 0.29) is 0 Å². The van der Waals surface area contributed by atoms with E-state index in [0.717, 1.165) is 0 Å². The highest BCUT2D eigenvalue weighted by molar-refractivity contribution is 7.97. The van der Waals surface area contributed by atoms with Gasteiger partial charge >= 0.3 is 0 Å². The van der Waals surface area contributed by atoms with Crippen molar-refractivity contribution >= 4 is 11.9 Å². The maximum Gasteiger partial charge on any atom is 0.0284 e. The fourth-order valence-corrected chi connectivity index (χ4v) is 1.11. The van der Waals surface area contributed by atoms with Crippen LogP contribution in [-0.2, 0) is 0 Å². The zero-order valence-electron chi connectivity index (χ0n) is 5.58. The lowest BCUT2D eigenvalue weighted by Gasteiger charge is -1.96. The van der Waals surface area contributed by atoms with Crippen molar-refractivity contribution in [2.75, 3.05) is 0 Å². The topological polar surface area (TPSA) is 12.0 Å². The van der Waals surface area contributed by atoms with Crippen LogP contribution >= 0.6 is 11.9 Å². The van der Waals surface area contributed by atoms with Crippen molar-refractivity contribution in [2.24, 2.45) is 0 Å². The van der Waals surface area contributed by atoms with E-state index in [4.69, 9.17) is 0 Å². The molecule has 0 aliphatic rings. The Labute approximate surface area is 65.3 Å². The molecule has 1 aromatic rings. The summed E-state index contributed by atoms with van der Waals surface area (Å²) in [6, 6.07) is 10.1. The summed E-state index contributed by atoms with van der Waals surface area (Å²) in [5.74, 6) is 0. The Bertz CT molecular complexity index is 196. The van der Waals surface area contributed by atoms with E-state index in [1.165, 1.54) is 4.90 Å². The summed E-state index contributed by atoms with van der Waals surface area (Å²) in [4.78, 5) is 1.20. The van der Waals surface area contributed by atoms with Crippen LogP contribution in [-0.4, -0.2) is 0 Å². The second-order valence-electron chi connectivity index (χ2n) is 1.74. The van der Waals surface area contributed by atoms with Gasteiger partial charge in [0, 0.05) is 11.1 Å². The third-order valence-electron chi connectivity index (χ3n) is 1.00. The van der Waals surface area contributed by atoms with E-state index in [1.807, 2.05) is 30.3 Å². The van der Waals surface area contributed by atoms with E-state index < -0.39 is 0 Å². The number of hydrogen-bond acceptors (Lipinski definition) is 2. The molecule has 1 rings (SSSR count). The second-order valence-corrected chi connectivity index (χ2v) is 2.65. The first-order valence-corrected chi connectivity index (χ1v) is 3.83. The Hall–Kier alpha value is -0.890. The summed E-state index contributed by atoms with van der Waals surface area (Å²) in [5.41, 5.74) is 0. The Morgan fingerprint density at radius 2 is 2.00 bits per heavy atom. The normalized spacial score (nSPS) is 8.80. The van der Waals surface area contributed by atoms with Gasteiger partial charge in [0.15, 0.2) is 0 Å². The van der Waals surface area contributed by atoms with Crippen molar-refractivity contribution in [3.63, 3.8) is 0 Å². The molecule has 52 valence electrons. The summed E-state index contributed by atoms with van der Waals surface area (Å²) in [7, 11) is 0. The molecule has 1 N–H and O–H groups in total. The minimum absolute atomic E-state index is 1.20. The first-order chi connectivity index (χ1) is 4.93. The number of nitrogens with one attached hydrogen (secondary N) is 1. The van der Waals surface area contributed by atoms with Gasteiger partial charge in [-0.05, 0) is 24.1 Å². The quantitative estimate of drug-likeness (QED) is 0.666. The van der Waals surface area contributed by atoms with Gasteiger partial charge in [0.05, 0.1) is 0 Å². The highest BCUT2D eigenvalue weighted by Gasteiger charge is 1.85. The van der Waals surface area contributed by atoms with Gasteiger partial charge in [-0.15, -0.1) is 0 Å². The smallest absolute Gasteiger partial charge is 0.0284 e. The summed E-state index contributed by atoms with van der Waals surface area (Å²) in [6.07, 6.45) is 1.66. The van der Waals surface area contributed by atoms with Gasteiger partial charge in [-0.2, -0.15) is 0 Å². The van der Waals surface area contributed by atoms with E-state index in [2.05, 4.69) is 11.3 Å². The van der Waals surface area contributed by atoms with Gasteiger partial charge in [0.2, 0.25) is 0 Å². The molecule has 0 unspecified atom stereocenters. The van der Waals surface area contributed by atoms with Crippen molar-refractivity contribution in [3.8, 4) is 0 Å². The molecule has 1 nitrogen and oxygen atoms in total. The summed E-state index contributed by atoms with van der Waals surface area (Å²) >= 11 is 1.55. The molecule has 0 fully saturated rings. The third kappa shape index (κ3) is 2.15. The molecule has 0 atom stereocenters. The van der Waals surface area contributed by atoms with Gasteiger partial charge in [-0.3, -0.25) is 0 Å². The van der Waals surface area contributed by atoms with Crippen LogP contribution in [0.2, 0.25) is 0 Å². The predicted octanol–water partition coefficient (Wildman–Crippen LogP) is 2.43. The maximum atomic E-state index is 3.54. The number of rotatable bonds is 3. The van der Waals surface area contributed by atoms with E-state index in [1.54, 1.807) is 18.1 Å². The molecular weight excluding hydrogens is 142 g/mol. The van der Waals surface area contributed by atoms with Crippen LogP contribution < -0.4 is 4.72 Å². The molecule has 0 heterocycles. The zero-order valence-corrected chi connectivity index (χ0v) is 6.40. The highest BCUT2D eigenvalue weighted by Crippen LogP contribution is 2.11. The molecule has 2 heteroatoms. The van der Waals surface area contributed by atoms with Gasteiger partial charge in [-0.1, -0.05) is 24.8 Å². The monoisotopic (exact) mass is 151 g/mol. The molecule has 0 radical (unpaired) electrons. The van der Waals surface area contributed by atoms with Crippen LogP contribution in [0.4, 0.5) is 0 Å². The molecule has 0 aliphatic carbocycles.